The summed E-state index contributed by atoms with van der Waals surface area (Å²) < 4.78 is 5.92. The third-order valence-corrected chi connectivity index (χ3v) is 3.34. The van der Waals surface area contributed by atoms with Crippen LogP contribution in [0.4, 0.5) is 0 Å². The molecule has 2 aromatic rings. The topological polar surface area (TPSA) is 22.1 Å². The fourth-order valence-electron chi connectivity index (χ4n) is 1.81. The van der Waals surface area contributed by atoms with E-state index in [0.717, 1.165) is 22.6 Å². The van der Waals surface area contributed by atoms with Crippen molar-refractivity contribution in [1.29, 1.82) is 0 Å². The van der Waals surface area contributed by atoms with Crippen LogP contribution in [-0.2, 0) is 5.88 Å². The number of hydrogen-bond acceptors (Lipinski definition) is 2. The van der Waals surface area contributed by atoms with E-state index in [1.807, 2.05) is 13.0 Å². The van der Waals surface area contributed by atoms with Gasteiger partial charge in [-0.25, -0.2) is 0 Å². The van der Waals surface area contributed by atoms with Gasteiger partial charge in [-0.15, -0.1) is 11.6 Å². The Bertz CT molecular complexity index is 566. The van der Waals surface area contributed by atoms with Crippen molar-refractivity contribution >= 4 is 11.6 Å². The molecule has 0 fully saturated rings. The van der Waals surface area contributed by atoms with Crippen molar-refractivity contribution in [3.05, 3.63) is 53.3 Å². The van der Waals surface area contributed by atoms with Crippen LogP contribution in [0.3, 0.4) is 0 Å². The van der Waals surface area contributed by atoms with Crippen molar-refractivity contribution in [3.8, 4) is 11.5 Å². The third-order valence-electron chi connectivity index (χ3n) is 3.03. The molecule has 0 N–H and O–H groups in total. The highest BCUT2D eigenvalue weighted by molar-refractivity contribution is 6.17. The van der Waals surface area contributed by atoms with Gasteiger partial charge in [-0.05, 0) is 41.7 Å². The summed E-state index contributed by atoms with van der Waals surface area (Å²) in [6.45, 7) is 6.38. The first-order chi connectivity index (χ1) is 9.10. The Morgan fingerprint density at radius 1 is 1.21 bits per heavy atom. The molecule has 0 saturated heterocycles. The molecule has 0 amide bonds. The van der Waals surface area contributed by atoms with Crippen molar-refractivity contribution in [2.24, 2.45) is 0 Å². The Hall–Kier alpha value is -1.54. The minimum Gasteiger partial charge on any atom is -0.455 e. The lowest BCUT2D eigenvalue weighted by Gasteiger charge is -2.12. The van der Waals surface area contributed by atoms with E-state index >= 15 is 0 Å². The van der Waals surface area contributed by atoms with Gasteiger partial charge in [-0.1, -0.05) is 26.0 Å². The second-order valence-electron chi connectivity index (χ2n) is 4.94. The standard InChI is InChI=1S/C16H18ClNO/c1-11(2)14-5-4-12(3)16(7-14)19-15-6-13(8-17)9-18-10-15/h4-7,9-11H,8H2,1-3H3. The second-order valence-corrected chi connectivity index (χ2v) is 5.21. The maximum absolute atomic E-state index is 5.92. The molecule has 1 heterocycles. The quantitative estimate of drug-likeness (QED) is 0.729. The van der Waals surface area contributed by atoms with Crippen LogP contribution in [0.1, 0.15) is 36.5 Å². The molecule has 0 saturated carbocycles. The van der Waals surface area contributed by atoms with Gasteiger partial charge in [0.2, 0.25) is 0 Å². The SMILES string of the molecule is Cc1ccc(C(C)C)cc1Oc1cncc(CCl)c1. The molecule has 2 nitrogen and oxygen atoms in total. The van der Waals surface area contributed by atoms with E-state index in [2.05, 4.69) is 37.0 Å². The molecule has 2 rings (SSSR count). The number of alkyl halides is 1. The lowest BCUT2D eigenvalue weighted by molar-refractivity contribution is 0.475. The highest BCUT2D eigenvalue weighted by atomic mass is 35.5. The summed E-state index contributed by atoms with van der Waals surface area (Å²) in [5.41, 5.74) is 3.33. The molecule has 0 radical (unpaired) electrons. The fourth-order valence-corrected chi connectivity index (χ4v) is 1.95. The molecule has 1 aromatic heterocycles. The maximum atomic E-state index is 5.92. The molecule has 0 atom stereocenters. The predicted octanol–water partition coefficient (Wildman–Crippen LogP) is 5.04. The largest absolute Gasteiger partial charge is 0.455 e. The molecular formula is C16H18ClNO. The van der Waals surface area contributed by atoms with Gasteiger partial charge < -0.3 is 4.74 Å². The van der Waals surface area contributed by atoms with Gasteiger partial charge in [-0.2, -0.15) is 0 Å². The van der Waals surface area contributed by atoms with Crippen LogP contribution in [0, 0.1) is 6.92 Å². The Morgan fingerprint density at radius 2 is 2.00 bits per heavy atom. The highest BCUT2D eigenvalue weighted by Crippen LogP contribution is 2.28. The number of hydrogen-bond donors (Lipinski definition) is 0. The number of nitrogens with zero attached hydrogens (tertiary/aromatic N) is 1. The molecule has 0 aliphatic carbocycles. The van der Waals surface area contributed by atoms with Crippen LogP contribution < -0.4 is 4.74 Å². The first kappa shape index (κ1) is 13.9. The second kappa shape index (κ2) is 6.07. The average molecular weight is 276 g/mol. The van der Waals surface area contributed by atoms with E-state index in [-0.39, 0.29) is 0 Å². The molecule has 1 aromatic carbocycles. The summed E-state index contributed by atoms with van der Waals surface area (Å²) >= 11 is 5.80. The predicted molar refractivity (Wildman–Crippen MR) is 79.1 cm³/mol. The molecule has 0 unspecified atom stereocenters. The zero-order valence-corrected chi connectivity index (χ0v) is 12.2. The highest BCUT2D eigenvalue weighted by Gasteiger charge is 2.06. The van der Waals surface area contributed by atoms with Crippen LogP contribution in [0.25, 0.3) is 0 Å². The summed E-state index contributed by atoms with van der Waals surface area (Å²) in [4.78, 5) is 4.13. The van der Waals surface area contributed by atoms with E-state index in [1.165, 1.54) is 5.56 Å². The van der Waals surface area contributed by atoms with Crippen LogP contribution in [0.15, 0.2) is 36.7 Å². The molecule has 0 aliphatic heterocycles. The van der Waals surface area contributed by atoms with Crippen molar-refractivity contribution in [1.82, 2.24) is 4.98 Å². The molecule has 3 heteroatoms. The summed E-state index contributed by atoms with van der Waals surface area (Å²) in [6, 6.07) is 8.23. The van der Waals surface area contributed by atoms with E-state index in [9.17, 15) is 0 Å². The van der Waals surface area contributed by atoms with Gasteiger partial charge in [0.25, 0.3) is 0 Å². The van der Waals surface area contributed by atoms with Gasteiger partial charge in [0.15, 0.2) is 0 Å². The maximum Gasteiger partial charge on any atom is 0.146 e. The smallest absolute Gasteiger partial charge is 0.146 e. The Labute approximate surface area is 119 Å². The number of halogens is 1. The first-order valence-electron chi connectivity index (χ1n) is 6.38. The normalized spacial score (nSPS) is 10.8. The molecule has 0 spiro atoms. The molecule has 0 aliphatic rings. The number of benzene rings is 1. The minimum atomic E-state index is 0.440. The number of aryl methyl sites for hydroxylation is 1. The molecule has 100 valence electrons. The van der Waals surface area contributed by atoms with Crippen LogP contribution in [-0.4, -0.2) is 4.98 Å². The Kier molecular flexibility index (Phi) is 4.43. The zero-order valence-electron chi connectivity index (χ0n) is 11.5. The molecule has 19 heavy (non-hydrogen) atoms. The van der Waals surface area contributed by atoms with E-state index < -0.39 is 0 Å². The summed E-state index contributed by atoms with van der Waals surface area (Å²) in [7, 11) is 0. The summed E-state index contributed by atoms with van der Waals surface area (Å²) in [6.07, 6.45) is 3.45. The van der Waals surface area contributed by atoms with E-state index in [0.29, 0.717) is 11.8 Å². The van der Waals surface area contributed by atoms with E-state index in [1.54, 1.807) is 12.4 Å². The lowest BCUT2D eigenvalue weighted by Crippen LogP contribution is -1.93. The number of aromatic nitrogens is 1. The van der Waals surface area contributed by atoms with Crippen LogP contribution >= 0.6 is 11.6 Å². The Morgan fingerprint density at radius 3 is 2.68 bits per heavy atom. The van der Waals surface area contributed by atoms with Crippen molar-refractivity contribution in [2.75, 3.05) is 0 Å². The molecular weight excluding hydrogens is 258 g/mol. The van der Waals surface area contributed by atoms with Crippen molar-refractivity contribution in [3.63, 3.8) is 0 Å². The average Bonchev–Trinajstić information content (AvgIpc) is 2.41. The van der Waals surface area contributed by atoms with Gasteiger partial charge >= 0.3 is 0 Å². The van der Waals surface area contributed by atoms with Gasteiger partial charge in [0.05, 0.1) is 6.20 Å². The monoisotopic (exact) mass is 275 g/mol. The zero-order chi connectivity index (χ0) is 13.8. The number of rotatable bonds is 4. The summed E-state index contributed by atoms with van der Waals surface area (Å²) in [5, 5.41) is 0. The number of ether oxygens (including phenoxy) is 1. The van der Waals surface area contributed by atoms with Crippen molar-refractivity contribution in [2.45, 2.75) is 32.6 Å². The minimum absolute atomic E-state index is 0.440. The van der Waals surface area contributed by atoms with E-state index in [4.69, 9.17) is 16.3 Å². The Balaban J connectivity index is 2.29. The number of pyridine rings is 1. The van der Waals surface area contributed by atoms with Crippen LogP contribution in [0.5, 0.6) is 11.5 Å². The van der Waals surface area contributed by atoms with Gasteiger partial charge in [0.1, 0.15) is 11.5 Å². The van der Waals surface area contributed by atoms with Gasteiger partial charge in [-0.3, -0.25) is 4.98 Å². The fraction of sp³-hybridized carbons (Fsp3) is 0.312. The van der Waals surface area contributed by atoms with Crippen LogP contribution in [0.2, 0.25) is 0 Å². The first-order valence-corrected chi connectivity index (χ1v) is 6.92. The van der Waals surface area contributed by atoms with Gasteiger partial charge in [0, 0.05) is 12.1 Å². The third kappa shape index (κ3) is 3.48. The summed E-state index contributed by atoms with van der Waals surface area (Å²) in [5.74, 6) is 2.52. The van der Waals surface area contributed by atoms with Crippen molar-refractivity contribution < 1.29 is 4.74 Å². The molecule has 0 bridgehead atoms. The lowest BCUT2D eigenvalue weighted by atomic mass is 10.0.